The Labute approximate surface area is 125 Å². The van der Waals surface area contributed by atoms with Crippen molar-refractivity contribution in [3.63, 3.8) is 0 Å². The molecule has 0 aromatic heterocycles. The van der Waals surface area contributed by atoms with Crippen LogP contribution in [0.4, 0.5) is 10.1 Å². The maximum absolute atomic E-state index is 13.0. The van der Waals surface area contributed by atoms with Crippen LogP contribution in [0.1, 0.15) is 15.9 Å². The highest BCUT2D eigenvalue weighted by Crippen LogP contribution is 2.19. The van der Waals surface area contributed by atoms with Gasteiger partial charge in [-0.1, -0.05) is 29.3 Å². The standard InChI is InChI=1S/C14H11Cl2FN2O/c15-11-6-9(18)2-3-10(11)14(20)19-7-8-1-4-13(17)12(16)5-8/h1-6H,7,18H2,(H,19,20). The van der Waals surface area contributed by atoms with Gasteiger partial charge in [-0.25, -0.2) is 4.39 Å². The van der Waals surface area contributed by atoms with Crippen molar-refractivity contribution in [1.82, 2.24) is 5.32 Å². The van der Waals surface area contributed by atoms with Gasteiger partial charge < -0.3 is 11.1 Å². The summed E-state index contributed by atoms with van der Waals surface area (Å²) in [5, 5.41) is 2.97. The van der Waals surface area contributed by atoms with Gasteiger partial charge in [-0.2, -0.15) is 0 Å². The van der Waals surface area contributed by atoms with Crippen molar-refractivity contribution in [2.45, 2.75) is 6.54 Å². The molecule has 0 aliphatic carbocycles. The summed E-state index contributed by atoms with van der Waals surface area (Å²) in [6.45, 7) is 0.222. The monoisotopic (exact) mass is 312 g/mol. The molecule has 2 aromatic rings. The van der Waals surface area contributed by atoms with Crippen molar-refractivity contribution in [3.8, 4) is 0 Å². The molecular weight excluding hydrogens is 302 g/mol. The molecule has 0 aliphatic rings. The van der Waals surface area contributed by atoms with E-state index in [1.165, 1.54) is 18.2 Å². The summed E-state index contributed by atoms with van der Waals surface area (Å²) in [6.07, 6.45) is 0. The van der Waals surface area contributed by atoms with Crippen LogP contribution in [0.5, 0.6) is 0 Å². The van der Waals surface area contributed by atoms with E-state index in [4.69, 9.17) is 28.9 Å². The third-order valence-corrected chi connectivity index (χ3v) is 3.28. The smallest absolute Gasteiger partial charge is 0.253 e. The lowest BCUT2D eigenvalue weighted by molar-refractivity contribution is 0.0951. The van der Waals surface area contributed by atoms with Gasteiger partial charge in [-0.3, -0.25) is 4.79 Å². The lowest BCUT2D eigenvalue weighted by atomic mass is 10.1. The summed E-state index contributed by atoms with van der Waals surface area (Å²) >= 11 is 11.6. The number of carbonyl (C=O) groups excluding carboxylic acids is 1. The first-order valence-electron chi connectivity index (χ1n) is 5.74. The summed E-state index contributed by atoms with van der Waals surface area (Å²) < 4.78 is 13.0. The molecule has 2 aromatic carbocycles. The van der Waals surface area contributed by atoms with Gasteiger partial charge >= 0.3 is 0 Å². The second kappa shape index (κ2) is 6.11. The Morgan fingerprint density at radius 3 is 2.55 bits per heavy atom. The van der Waals surface area contributed by atoms with E-state index in [9.17, 15) is 9.18 Å². The zero-order valence-electron chi connectivity index (χ0n) is 10.3. The van der Waals surface area contributed by atoms with Gasteiger partial charge in [0.05, 0.1) is 15.6 Å². The molecule has 0 fully saturated rings. The van der Waals surface area contributed by atoms with Gasteiger partial charge in [0.1, 0.15) is 5.82 Å². The summed E-state index contributed by atoms with van der Waals surface area (Å²) in [4.78, 5) is 12.0. The Morgan fingerprint density at radius 2 is 1.90 bits per heavy atom. The zero-order valence-corrected chi connectivity index (χ0v) is 11.8. The molecule has 0 radical (unpaired) electrons. The second-order valence-electron chi connectivity index (χ2n) is 4.17. The number of anilines is 1. The molecule has 0 heterocycles. The Morgan fingerprint density at radius 1 is 1.15 bits per heavy atom. The molecule has 6 heteroatoms. The lowest BCUT2D eigenvalue weighted by Crippen LogP contribution is -2.23. The SMILES string of the molecule is Nc1ccc(C(=O)NCc2ccc(F)c(Cl)c2)c(Cl)c1. The molecule has 0 aliphatic heterocycles. The highest BCUT2D eigenvalue weighted by atomic mass is 35.5. The minimum absolute atomic E-state index is 0.0160. The van der Waals surface area contributed by atoms with Crippen molar-refractivity contribution in [2.75, 3.05) is 5.73 Å². The molecular formula is C14H11Cl2FN2O. The molecule has 3 nitrogen and oxygen atoms in total. The van der Waals surface area contributed by atoms with Crippen LogP contribution in [-0.2, 0) is 6.54 Å². The van der Waals surface area contributed by atoms with E-state index in [0.717, 1.165) is 0 Å². The molecule has 0 bridgehead atoms. The number of nitrogens with two attached hydrogens (primary N) is 1. The topological polar surface area (TPSA) is 55.1 Å². The molecule has 0 atom stereocenters. The van der Waals surface area contributed by atoms with E-state index >= 15 is 0 Å². The van der Waals surface area contributed by atoms with Crippen molar-refractivity contribution in [2.24, 2.45) is 0 Å². The van der Waals surface area contributed by atoms with Gasteiger partial charge in [0, 0.05) is 12.2 Å². The molecule has 0 unspecified atom stereocenters. The van der Waals surface area contributed by atoms with Crippen molar-refractivity contribution >= 4 is 34.8 Å². The summed E-state index contributed by atoms with van der Waals surface area (Å²) in [5.74, 6) is -0.834. The fourth-order valence-corrected chi connectivity index (χ4v) is 2.12. The van der Waals surface area contributed by atoms with Crippen LogP contribution >= 0.6 is 23.2 Å². The molecule has 0 saturated heterocycles. The minimum Gasteiger partial charge on any atom is -0.399 e. The van der Waals surface area contributed by atoms with Gasteiger partial charge in [0.2, 0.25) is 0 Å². The van der Waals surface area contributed by atoms with E-state index in [-0.39, 0.29) is 22.5 Å². The molecule has 20 heavy (non-hydrogen) atoms. The van der Waals surface area contributed by atoms with Crippen LogP contribution in [0.2, 0.25) is 10.0 Å². The van der Waals surface area contributed by atoms with Crippen LogP contribution in [0.15, 0.2) is 36.4 Å². The van der Waals surface area contributed by atoms with E-state index in [0.29, 0.717) is 16.8 Å². The first kappa shape index (κ1) is 14.6. The molecule has 2 rings (SSSR count). The predicted molar refractivity (Wildman–Crippen MR) is 78.4 cm³/mol. The predicted octanol–water partition coefficient (Wildman–Crippen LogP) is 3.64. The second-order valence-corrected chi connectivity index (χ2v) is 4.98. The van der Waals surface area contributed by atoms with E-state index in [2.05, 4.69) is 5.32 Å². The third-order valence-electron chi connectivity index (χ3n) is 2.67. The summed E-state index contributed by atoms with van der Waals surface area (Å²) in [6, 6.07) is 8.90. The maximum atomic E-state index is 13.0. The zero-order chi connectivity index (χ0) is 14.7. The quantitative estimate of drug-likeness (QED) is 0.850. The molecule has 1 amide bonds. The van der Waals surface area contributed by atoms with Gasteiger partial charge in [-0.15, -0.1) is 0 Å². The Hall–Kier alpha value is -1.78. The summed E-state index contributed by atoms with van der Waals surface area (Å²) in [7, 11) is 0. The number of hydrogen-bond acceptors (Lipinski definition) is 2. The number of carbonyl (C=O) groups is 1. The highest BCUT2D eigenvalue weighted by molar-refractivity contribution is 6.34. The number of nitrogen functional groups attached to an aromatic ring is 1. The van der Waals surface area contributed by atoms with Crippen LogP contribution in [0.3, 0.4) is 0 Å². The van der Waals surface area contributed by atoms with Gasteiger partial charge in [-0.05, 0) is 35.9 Å². The van der Waals surface area contributed by atoms with Crippen LogP contribution in [0, 0.1) is 5.82 Å². The third kappa shape index (κ3) is 3.40. The van der Waals surface area contributed by atoms with Crippen LogP contribution < -0.4 is 11.1 Å². The maximum Gasteiger partial charge on any atom is 0.253 e. The largest absolute Gasteiger partial charge is 0.399 e. The Balaban J connectivity index is 2.06. The first-order valence-corrected chi connectivity index (χ1v) is 6.50. The van der Waals surface area contributed by atoms with Crippen molar-refractivity contribution < 1.29 is 9.18 Å². The molecule has 104 valence electrons. The summed E-state index contributed by atoms with van der Waals surface area (Å²) in [5.41, 5.74) is 7.06. The Kier molecular flexibility index (Phi) is 4.47. The normalized spacial score (nSPS) is 10.3. The molecule has 0 spiro atoms. The first-order chi connectivity index (χ1) is 9.47. The Bertz CT molecular complexity index is 662. The highest BCUT2D eigenvalue weighted by Gasteiger charge is 2.10. The molecule has 0 saturated carbocycles. The average Bonchev–Trinajstić information content (AvgIpc) is 2.40. The van der Waals surface area contributed by atoms with Crippen molar-refractivity contribution in [3.05, 3.63) is 63.4 Å². The van der Waals surface area contributed by atoms with E-state index in [1.807, 2.05) is 0 Å². The number of nitrogens with one attached hydrogen (secondary N) is 1. The van der Waals surface area contributed by atoms with Crippen LogP contribution in [0.25, 0.3) is 0 Å². The fraction of sp³-hybridized carbons (Fsp3) is 0.0714. The number of amides is 1. The van der Waals surface area contributed by atoms with E-state index < -0.39 is 5.82 Å². The lowest BCUT2D eigenvalue weighted by Gasteiger charge is -2.08. The van der Waals surface area contributed by atoms with Gasteiger partial charge in [0.25, 0.3) is 5.91 Å². The van der Waals surface area contributed by atoms with E-state index in [1.54, 1.807) is 18.2 Å². The fourth-order valence-electron chi connectivity index (χ4n) is 1.64. The average molecular weight is 313 g/mol. The van der Waals surface area contributed by atoms with Crippen molar-refractivity contribution in [1.29, 1.82) is 0 Å². The number of hydrogen-bond donors (Lipinski definition) is 2. The van der Waals surface area contributed by atoms with Gasteiger partial charge in [0.15, 0.2) is 0 Å². The number of halogens is 3. The van der Waals surface area contributed by atoms with Crippen LogP contribution in [-0.4, -0.2) is 5.91 Å². The number of benzene rings is 2. The minimum atomic E-state index is -0.497. The molecule has 3 N–H and O–H groups in total. The number of rotatable bonds is 3.